The Balaban J connectivity index is 1.74. The number of aromatic nitrogens is 2. The molecule has 2 aromatic carbocycles. The number of hydrogen-bond acceptors (Lipinski definition) is 3. The molecule has 0 bridgehead atoms. The predicted octanol–water partition coefficient (Wildman–Crippen LogP) is 3.73. The summed E-state index contributed by atoms with van der Waals surface area (Å²) < 4.78 is 1.55. The summed E-state index contributed by atoms with van der Waals surface area (Å²) in [6, 6.07) is 18.3. The van der Waals surface area contributed by atoms with Crippen LogP contribution in [0, 0.1) is 5.92 Å². The normalized spacial score (nSPS) is 10.7. The molecule has 0 radical (unpaired) electrons. The van der Waals surface area contributed by atoms with Gasteiger partial charge in [0.15, 0.2) is 0 Å². The van der Waals surface area contributed by atoms with Crippen molar-refractivity contribution >= 4 is 17.5 Å². The quantitative estimate of drug-likeness (QED) is 0.688. The summed E-state index contributed by atoms with van der Waals surface area (Å²) in [5.41, 5.74) is 3.18. The summed E-state index contributed by atoms with van der Waals surface area (Å²) in [5.74, 6) is -0.0656. The van der Waals surface area contributed by atoms with Crippen LogP contribution in [-0.2, 0) is 7.05 Å². The van der Waals surface area contributed by atoms with Gasteiger partial charge in [-0.25, -0.2) is 0 Å². The molecule has 0 spiro atoms. The summed E-state index contributed by atoms with van der Waals surface area (Å²) in [5, 5.41) is 10.1. The molecule has 2 N–H and O–H groups in total. The van der Waals surface area contributed by atoms with E-state index in [0.29, 0.717) is 29.4 Å². The monoisotopic (exact) mass is 376 g/mol. The molecule has 0 saturated heterocycles. The maximum absolute atomic E-state index is 12.7. The summed E-state index contributed by atoms with van der Waals surface area (Å²) in [7, 11) is 1.73. The van der Waals surface area contributed by atoms with Gasteiger partial charge >= 0.3 is 0 Å². The van der Waals surface area contributed by atoms with Gasteiger partial charge in [0.2, 0.25) is 0 Å². The Labute approximate surface area is 164 Å². The zero-order chi connectivity index (χ0) is 20.1. The Hall–Kier alpha value is -3.41. The fourth-order valence-corrected chi connectivity index (χ4v) is 2.76. The first-order valence-corrected chi connectivity index (χ1v) is 9.23. The number of anilines is 1. The lowest BCUT2D eigenvalue weighted by Gasteiger charge is -2.09. The first kappa shape index (κ1) is 19.4. The average molecular weight is 376 g/mol. The van der Waals surface area contributed by atoms with Crippen LogP contribution in [-0.4, -0.2) is 28.1 Å². The molecule has 6 nitrogen and oxygen atoms in total. The molecule has 0 saturated carbocycles. The maximum atomic E-state index is 12.7. The first-order valence-electron chi connectivity index (χ1n) is 9.23. The van der Waals surface area contributed by atoms with E-state index in [1.54, 1.807) is 42.1 Å². The topological polar surface area (TPSA) is 76.0 Å². The van der Waals surface area contributed by atoms with Gasteiger partial charge in [0, 0.05) is 30.4 Å². The van der Waals surface area contributed by atoms with E-state index in [4.69, 9.17) is 0 Å². The third-order valence-corrected chi connectivity index (χ3v) is 4.24. The highest BCUT2D eigenvalue weighted by molar-refractivity contribution is 6.04. The van der Waals surface area contributed by atoms with Gasteiger partial charge in [-0.2, -0.15) is 5.10 Å². The molecule has 6 heteroatoms. The van der Waals surface area contributed by atoms with Crippen LogP contribution in [0.4, 0.5) is 5.69 Å². The number of amides is 2. The Morgan fingerprint density at radius 1 is 1.00 bits per heavy atom. The van der Waals surface area contributed by atoms with Crippen LogP contribution in [0.15, 0.2) is 60.7 Å². The third kappa shape index (κ3) is 4.65. The molecular weight excluding hydrogens is 352 g/mol. The number of rotatable bonds is 6. The standard InChI is InChI=1S/C22H24N4O2/c1-15(2)14-23-21(27)17-10-7-11-18(12-17)24-22(28)20-13-19(25-26(20)3)16-8-5-4-6-9-16/h4-13,15H,14H2,1-3H3,(H,23,27)(H,24,28). The van der Waals surface area contributed by atoms with Crippen molar-refractivity contribution in [2.24, 2.45) is 13.0 Å². The van der Waals surface area contributed by atoms with E-state index < -0.39 is 0 Å². The van der Waals surface area contributed by atoms with Crippen LogP contribution in [0.1, 0.15) is 34.7 Å². The molecule has 2 amide bonds. The van der Waals surface area contributed by atoms with E-state index in [-0.39, 0.29) is 11.8 Å². The van der Waals surface area contributed by atoms with Gasteiger partial charge in [-0.15, -0.1) is 0 Å². The second-order valence-corrected chi connectivity index (χ2v) is 7.04. The summed E-state index contributed by atoms with van der Waals surface area (Å²) in [6.07, 6.45) is 0. The molecule has 0 unspecified atom stereocenters. The highest BCUT2D eigenvalue weighted by Gasteiger charge is 2.15. The Morgan fingerprint density at radius 3 is 2.46 bits per heavy atom. The second kappa shape index (κ2) is 8.52. The summed E-state index contributed by atoms with van der Waals surface area (Å²) >= 11 is 0. The van der Waals surface area contributed by atoms with Gasteiger partial charge in [-0.05, 0) is 30.2 Å². The van der Waals surface area contributed by atoms with Crippen molar-refractivity contribution in [2.75, 3.05) is 11.9 Å². The number of benzene rings is 2. The fraction of sp³-hybridized carbons (Fsp3) is 0.227. The van der Waals surface area contributed by atoms with Gasteiger partial charge in [0.05, 0.1) is 5.69 Å². The molecule has 0 fully saturated rings. The SMILES string of the molecule is CC(C)CNC(=O)c1cccc(NC(=O)c2cc(-c3ccccc3)nn2C)c1. The van der Waals surface area contributed by atoms with Crippen molar-refractivity contribution in [1.82, 2.24) is 15.1 Å². The lowest BCUT2D eigenvalue weighted by Crippen LogP contribution is -2.27. The molecule has 3 aromatic rings. The van der Waals surface area contributed by atoms with E-state index >= 15 is 0 Å². The molecular formula is C22H24N4O2. The summed E-state index contributed by atoms with van der Waals surface area (Å²) in [4.78, 5) is 24.9. The average Bonchev–Trinajstić information content (AvgIpc) is 3.09. The molecule has 0 atom stereocenters. The van der Waals surface area contributed by atoms with Crippen molar-refractivity contribution in [3.8, 4) is 11.3 Å². The van der Waals surface area contributed by atoms with E-state index in [0.717, 1.165) is 11.3 Å². The van der Waals surface area contributed by atoms with E-state index in [1.807, 2.05) is 44.2 Å². The largest absolute Gasteiger partial charge is 0.352 e. The van der Waals surface area contributed by atoms with Gasteiger partial charge in [0.1, 0.15) is 5.69 Å². The van der Waals surface area contributed by atoms with E-state index in [1.165, 1.54) is 0 Å². The van der Waals surface area contributed by atoms with Crippen LogP contribution < -0.4 is 10.6 Å². The number of carbonyl (C=O) groups excluding carboxylic acids is 2. The van der Waals surface area contributed by atoms with Crippen molar-refractivity contribution in [3.05, 3.63) is 71.9 Å². The van der Waals surface area contributed by atoms with E-state index in [9.17, 15) is 9.59 Å². The van der Waals surface area contributed by atoms with Crippen molar-refractivity contribution < 1.29 is 9.59 Å². The number of hydrogen-bond donors (Lipinski definition) is 2. The number of nitrogens with one attached hydrogen (secondary N) is 2. The molecule has 3 rings (SSSR count). The lowest BCUT2D eigenvalue weighted by atomic mass is 10.1. The molecule has 1 aromatic heterocycles. The van der Waals surface area contributed by atoms with Crippen LogP contribution in [0.3, 0.4) is 0 Å². The van der Waals surface area contributed by atoms with Gasteiger partial charge < -0.3 is 10.6 Å². The number of aryl methyl sites for hydroxylation is 1. The number of carbonyl (C=O) groups is 2. The first-order chi connectivity index (χ1) is 13.4. The molecule has 144 valence electrons. The van der Waals surface area contributed by atoms with Crippen molar-refractivity contribution in [3.63, 3.8) is 0 Å². The van der Waals surface area contributed by atoms with Crippen LogP contribution in [0.5, 0.6) is 0 Å². The maximum Gasteiger partial charge on any atom is 0.273 e. The highest BCUT2D eigenvalue weighted by atomic mass is 16.2. The predicted molar refractivity (Wildman–Crippen MR) is 110 cm³/mol. The zero-order valence-electron chi connectivity index (χ0n) is 16.3. The summed E-state index contributed by atoms with van der Waals surface area (Å²) in [6.45, 7) is 4.68. The Bertz CT molecular complexity index is 977. The number of nitrogens with zero attached hydrogens (tertiary/aromatic N) is 2. The Kier molecular flexibility index (Phi) is 5.89. The van der Waals surface area contributed by atoms with Gasteiger partial charge in [-0.3, -0.25) is 14.3 Å². The molecule has 0 aliphatic carbocycles. The van der Waals surface area contributed by atoms with Crippen molar-refractivity contribution in [1.29, 1.82) is 0 Å². The molecule has 28 heavy (non-hydrogen) atoms. The minimum absolute atomic E-state index is 0.156. The fourth-order valence-electron chi connectivity index (χ4n) is 2.76. The van der Waals surface area contributed by atoms with E-state index in [2.05, 4.69) is 15.7 Å². The molecule has 1 heterocycles. The third-order valence-electron chi connectivity index (χ3n) is 4.24. The highest BCUT2D eigenvalue weighted by Crippen LogP contribution is 2.19. The zero-order valence-corrected chi connectivity index (χ0v) is 16.3. The molecule has 0 aliphatic heterocycles. The van der Waals surface area contributed by atoms with Crippen LogP contribution >= 0.6 is 0 Å². The Morgan fingerprint density at radius 2 is 1.75 bits per heavy atom. The van der Waals surface area contributed by atoms with Crippen molar-refractivity contribution in [2.45, 2.75) is 13.8 Å². The van der Waals surface area contributed by atoms with Gasteiger partial charge in [-0.1, -0.05) is 50.2 Å². The van der Waals surface area contributed by atoms with Crippen LogP contribution in [0.2, 0.25) is 0 Å². The second-order valence-electron chi connectivity index (χ2n) is 7.04. The smallest absolute Gasteiger partial charge is 0.273 e. The minimum atomic E-state index is -0.281. The van der Waals surface area contributed by atoms with Gasteiger partial charge in [0.25, 0.3) is 11.8 Å². The van der Waals surface area contributed by atoms with Crippen LogP contribution in [0.25, 0.3) is 11.3 Å². The molecule has 0 aliphatic rings. The minimum Gasteiger partial charge on any atom is -0.352 e. The lowest BCUT2D eigenvalue weighted by molar-refractivity contribution is 0.0947.